The maximum Gasteiger partial charge on any atom is 0.233 e. The minimum Gasteiger partial charge on any atom is -0.475 e. The molecule has 0 bridgehead atoms. The summed E-state index contributed by atoms with van der Waals surface area (Å²) in [6.07, 6.45) is 1.22. The normalized spacial score (nSPS) is 10.0. The highest BCUT2D eigenvalue weighted by molar-refractivity contribution is 7.92. The number of benzene rings is 1. The van der Waals surface area contributed by atoms with E-state index in [-0.39, 0.29) is 30.7 Å². The second-order valence-electron chi connectivity index (χ2n) is 4.85. The van der Waals surface area contributed by atoms with Gasteiger partial charge in [-0.2, -0.15) is 0 Å². The highest BCUT2D eigenvalue weighted by Gasteiger charge is 2.18. The molecule has 0 spiro atoms. The molecule has 0 aliphatic carbocycles. The predicted molar refractivity (Wildman–Crippen MR) is 111 cm³/mol. The molecule has 0 unspecified atom stereocenters. The fraction of sp³-hybridized carbons (Fsp3) is 0.474. The summed E-state index contributed by atoms with van der Waals surface area (Å²) in [5, 5.41) is 8.94. The number of aliphatic hydroxyl groups excluding tert-OH is 1. The average Bonchev–Trinajstić information content (AvgIpc) is 2.70. The summed E-state index contributed by atoms with van der Waals surface area (Å²) in [7, 11) is -3.49. The van der Waals surface area contributed by atoms with Gasteiger partial charge >= 0.3 is 0 Å². The van der Waals surface area contributed by atoms with Crippen molar-refractivity contribution in [1.82, 2.24) is 9.97 Å². The van der Waals surface area contributed by atoms with Gasteiger partial charge in [0.25, 0.3) is 0 Å². The molecular weight excluding hydrogens is 366 g/mol. The van der Waals surface area contributed by atoms with Crippen LogP contribution in [0.15, 0.2) is 30.6 Å². The summed E-state index contributed by atoms with van der Waals surface area (Å²) >= 11 is 0. The second kappa shape index (κ2) is 13.1. The topological polar surface area (TPSA) is 101 Å². The molecule has 0 saturated heterocycles. The number of sulfonamides is 1. The third-order valence-corrected chi connectivity index (χ3v) is 4.38. The maximum absolute atomic E-state index is 11.9. The van der Waals surface area contributed by atoms with Crippen LogP contribution in [-0.4, -0.2) is 42.5 Å². The summed E-state index contributed by atoms with van der Waals surface area (Å²) < 4.78 is 31.6. The van der Waals surface area contributed by atoms with E-state index >= 15 is 0 Å². The Bertz CT molecular complexity index is 763. The predicted octanol–water partition coefficient (Wildman–Crippen LogP) is 3.64. The Balaban J connectivity index is 0.00000158. The van der Waals surface area contributed by atoms with Crippen LogP contribution in [0.4, 0.5) is 5.82 Å². The molecule has 2 N–H and O–H groups in total. The number of hydrogen-bond acceptors (Lipinski definition) is 6. The molecule has 27 heavy (non-hydrogen) atoms. The third kappa shape index (κ3) is 7.92. The zero-order valence-corrected chi connectivity index (χ0v) is 17.8. The minimum atomic E-state index is -3.49. The molecule has 2 rings (SSSR count). The van der Waals surface area contributed by atoms with Crippen molar-refractivity contribution in [2.75, 3.05) is 23.7 Å². The largest absolute Gasteiger partial charge is 0.475 e. The highest BCUT2D eigenvalue weighted by atomic mass is 32.2. The van der Waals surface area contributed by atoms with Crippen molar-refractivity contribution in [1.29, 1.82) is 0 Å². The van der Waals surface area contributed by atoms with Crippen LogP contribution in [0.25, 0.3) is 11.1 Å². The quantitative estimate of drug-likeness (QED) is 0.740. The molecule has 0 atom stereocenters. The molecule has 0 aliphatic rings. The smallest absolute Gasteiger partial charge is 0.233 e. The van der Waals surface area contributed by atoms with Gasteiger partial charge in [0, 0.05) is 0 Å². The summed E-state index contributed by atoms with van der Waals surface area (Å²) in [5.41, 5.74) is 2.23. The van der Waals surface area contributed by atoms with Gasteiger partial charge in [0.15, 0.2) is 5.82 Å². The van der Waals surface area contributed by atoms with Crippen molar-refractivity contribution in [2.45, 2.75) is 41.5 Å². The fourth-order valence-corrected chi connectivity index (χ4v) is 2.49. The number of ether oxygens (including phenoxy) is 1. The van der Waals surface area contributed by atoms with Gasteiger partial charge in [0.05, 0.1) is 17.9 Å². The van der Waals surface area contributed by atoms with E-state index in [1.54, 1.807) is 0 Å². The molecule has 1 aromatic carbocycles. The second-order valence-corrected chi connectivity index (χ2v) is 6.86. The van der Waals surface area contributed by atoms with Gasteiger partial charge in [-0.05, 0) is 19.4 Å². The van der Waals surface area contributed by atoms with E-state index < -0.39 is 10.0 Å². The highest BCUT2D eigenvalue weighted by Crippen LogP contribution is 2.34. The first-order chi connectivity index (χ1) is 13.0. The Labute approximate surface area is 162 Å². The number of nitrogens with zero attached hydrogens (tertiary/aromatic N) is 2. The molecule has 1 aromatic heterocycles. The molecule has 0 saturated carbocycles. The number of hydrogen-bond donors (Lipinski definition) is 2. The van der Waals surface area contributed by atoms with Crippen LogP contribution in [0.1, 0.15) is 40.2 Å². The van der Waals surface area contributed by atoms with Crippen LogP contribution >= 0.6 is 0 Å². The lowest BCUT2D eigenvalue weighted by molar-refractivity contribution is 0.197. The number of aryl methyl sites for hydroxylation is 1. The SMILES string of the molecule is CC.CC.CCS(=O)(=O)Nc1ncnc(OCCO)c1-c1ccc(C)cc1. The number of aliphatic hydroxyl groups is 1. The van der Waals surface area contributed by atoms with Crippen molar-refractivity contribution in [3.63, 3.8) is 0 Å². The Hall–Kier alpha value is -2.19. The first-order valence-electron chi connectivity index (χ1n) is 9.13. The van der Waals surface area contributed by atoms with Crippen LogP contribution in [0.5, 0.6) is 5.88 Å². The molecule has 0 fully saturated rings. The third-order valence-electron chi connectivity index (χ3n) is 3.12. The van der Waals surface area contributed by atoms with Crippen molar-refractivity contribution < 1.29 is 18.3 Å². The standard InChI is InChI=1S/C15H19N3O4S.2C2H6/c1-3-23(20,21)18-14-13(12-6-4-11(2)5-7-12)15(17-10-16-14)22-9-8-19;2*1-2/h4-7,10,19H,3,8-9H2,1-2H3,(H,16,17,18);2*1-2H3. The average molecular weight is 398 g/mol. The van der Waals surface area contributed by atoms with E-state index in [2.05, 4.69) is 14.7 Å². The summed E-state index contributed by atoms with van der Waals surface area (Å²) in [6.45, 7) is 11.4. The molecule has 152 valence electrons. The van der Waals surface area contributed by atoms with Gasteiger partial charge in [0.2, 0.25) is 15.9 Å². The van der Waals surface area contributed by atoms with E-state index in [4.69, 9.17) is 9.84 Å². The lowest BCUT2D eigenvalue weighted by Crippen LogP contribution is -2.17. The summed E-state index contributed by atoms with van der Waals surface area (Å²) in [4.78, 5) is 8.09. The van der Waals surface area contributed by atoms with Gasteiger partial charge in [-0.25, -0.2) is 18.4 Å². The zero-order valence-electron chi connectivity index (χ0n) is 17.0. The van der Waals surface area contributed by atoms with Crippen molar-refractivity contribution in [2.24, 2.45) is 0 Å². The molecule has 2 aromatic rings. The van der Waals surface area contributed by atoms with Gasteiger partial charge in [-0.3, -0.25) is 4.72 Å². The van der Waals surface area contributed by atoms with E-state index in [0.29, 0.717) is 5.56 Å². The molecule has 7 nitrogen and oxygen atoms in total. The minimum absolute atomic E-state index is 0.0514. The lowest BCUT2D eigenvalue weighted by atomic mass is 10.1. The number of aromatic nitrogens is 2. The number of anilines is 1. The summed E-state index contributed by atoms with van der Waals surface area (Å²) in [5.74, 6) is 0.294. The monoisotopic (exact) mass is 397 g/mol. The molecular formula is C19H31N3O4S. The van der Waals surface area contributed by atoms with E-state index in [1.165, 1.54) is 13.3 Å². The van der Waals surface area contributed by atoms with E-state index in [0.717, 1.165) is 11.1 Å². The van der Waals surface area contributed by atoms with Crippen LogP contribution in [0.2, 0.25) is 0 Å². The van der Waals surface area contributed by atoms with Gasteiger partial charge in [0.1, 0.15) is 12.9 Å². The maximum atomic E-state index is 11.9. The molecule has 8 heteroatoms. The molecule has 0 radical (unpaired) electrons. The fourth-order valence-electron chi connectivity index (χ4n) is 1.90. The van der Waals surface area contributed by atoms with Crippen molar-refractivity contribution in [3.05, 3.63) is 36.2 Å². The Morgan fingerprint density at radius 3 is 2.19 bits per heavy atom. The molecule has 0 aliphatic heterocycles. The van der Waals surface area contributed by atoms with Gasteiger partial charge < -0.3 is 9.84 Å². The molecule has 0 amide bonds. The van der Waals surface area contributed by atoms with E-state index in [1.807, 2.05) is 58.9 Å². The summed E-state index contributed by atoms with van der Waals surface area (Å²) in [6, 6.07) is 7.47. The Kier molecular flexibility index (Phi) is 12.0. The number of nitrogens with one attached hydrogen (secondary N) is 1. The number of rotatable bonds is 7. The van der Waals surface area contributed by atoms with Crippen molar-refractivity contribution in [3.8, 4) is 17.0 Å². The first kappa shape index (κ1) is 24.8. The first-order valence-corrected chi connectivity index (χ1v) is 10.8. The van der Waals surface area contributed by atoms with Crippen LogP contribution < -0.4 is 9.46 Å². The van der Waals surface area contributed by atoms with Gasteiger partial charge in [-0.15, -0.1) is 0 Å². The van der Waals surface area contributed by atoms with Gasteiger partial charge in [-0.1, -0.05) is 57.5 Å². The Morgan fingerprint density at radius 2 is 1.67 bits per heavy atom. The van der Waals surface area contributed by atoms with Crippen molar-refractivity contribution >= 4 is 15.8 Å². The Morgan fingerprint density at radius 1 is 1.07 bits per heavy atom. The van der Waals surface area contributed by atoms with Crippen LogP contribution in [-0.2, 0) is 10.0 Å². The van der Waals surface area contributed by atoms with Crippen LogP contribution in [0, 0.1) is 6.92 Å². The van der Waals surface area contributed by atoms with Crippen LogP contribution in [0.3, 0.4) is 0 Å². The lowest BCUT2D eigenvalue weighted by Gasteiger charge is -2.14. The molecule has 1 heterocycles. The zero-order chi connectivity index (χ0) is 20.9. The van der Waals surface area contributed by atoms with E-state index in [9.17, 15) is 8.42 Å².